The highest BCUT2D eigenvalue weighted by Gasteiger charge is 2.15. The van der Waals surface area contributed by atoms with Gasteiger partial charge in [-0.05, 0) is 42.5 Å². The smallest absolute Gasteiger partial charge is 0.293 e. The lowest BCUT2D eigenvalue weighted by Crippen LogP contribution is -2.13. The number of methoxy groups -OCH3 is 2. The van der Waals surface area contributed by atoms with Crippen LogP contribution in [0.2, 0.25) is 0 Å². The zero-order valence-electron chi connectivity index (χ0n) is 16.1. The van der Waals surface area contributed by atoms with Crippen LogP contribution < -0.4 is 20.1 Å². The summed E-state index contributed by atoms with van der Waals surface area (Å²) >= 11 is 1.30. The van der Waals surface area contributed by atoms with Gasteiger partial charge in [0, 0.05) is 11.8 Å². The van der Waals surface area contributed by atoms with Crippen LogP contribution in [0, 0.1) is 0 Å². The van der Waals surface area contributed by atoms with Gasteiger partial charge in [0.05, 0.1) is 36.3 Å². The summed E-state index contributed by atoms with van der Waals surface area (Å²) in [6.45, 7) is 0. The van der Waals surface area contributed by atoms with E-state index in [2.05, 4.69) is 15.6 Å². The Morgan fingerprint density at radius 2 is 1.87 bits per heavy atom. The van der Waals surface area contributed by atoms with Crippen LogP contribution in [0.15, 0.2) is 59.2 Å². The first-order valence-electron chi connectivity index (χ1n) is 8.86. The molecule has 0 atom stereocenters. The van der Waals surface area contributed by atoms with Crippen molar-refractivity contribution < 1.29 is 23.5 Å². The topological polar surface area (TPSA) is 103 Å². The van der Waals surface area contributed by atoms with Gasteiger partial charge in [0.2, 0.25) is 0 Å². The number of benzene rings is 2. The van der Waals surface area contributed by atoms with E-state index in [1.165, 1.54) is 24.7 Å². The van der Waals surface area contributed by atoms with E-state index in [0.717, 1.165) is 4.70 Å². The number of fused-ring (bicyclic) bond motifs is 1. The zero-order chi connectivity index (χ0) is 21.1. The van der Waals surface area contributed by atoms with Gasteiger partial charge in [-0.25, -0.2) is 4.98 Å². The van der Waals surface area contributed by atoms with Gasteiger partial charge < -0.3 is 19.2 Å². The maximum absolute atomic E-state index is 12.7. The minimum atomic E-state index is -0.376. The molecule has 0 aliphatic carbocycles. The third-order valence-corrected chi connectivity index (χ3v) is 5.20. The van der Waals surface area contributed by atoms with Gasteiger partial charge in [-0.3, -0.25) is 14.9 Å². The van der Waals surface area contributed by atoms with Crippen LogP contribution in [-0.2, 0) is 0 Å². The molecule has 30 heavy (non-hydrogen) atoms. The maximum atomic E-state index is 12.7. The standard InChI is InChI=1S/C21H17N3O5S/c1-27-13-6-7-14(17(11-13)28-2)19(25)22-12-5-8-15-18(10-12)30-21(23-15)24-20(26)16-4-3-9-29-16/h3-11H,1-2H3,(H,22,25)(H,23,24,26). The molecule has 2 heterocycles. The second-order valence-corrected chi connectivity index (χ2v) is 7.18. The Bertz CT molecular complexity index is 1220. The van der Waals surface area contributed by atoms with Crippen molar-refractivity contribution in [2.24, 2.45) is 0 Å². The van der Waals surface area contributed by atoms with Crippen LogP contribution in [-0.4, -0.2) is 31.0 Å². The number of thiazole rings is 1. The van der Waals surface area contributed by atoms with Gasteiger partial charge in [-0.15, -0.1) is 0 Å². The van der Waals surface area contributed by atoms with E-state index in [1.807, 2.05) is 0 Å². The number of rotatable bonds is 6. The van der Waals surface area contributed by atoms with Crippen LogP contribution in [0.3, 0.4) is 0 Å². The van der Waals surface area contributed by atoms with Crippen molar-refractivity contribution in [2.45, 2.75) is 0 Å². The average molecular weight is 423 g/mol. The fourth-order valence-electron chi connectivity index (χ4n) is 2.81. The molecule has 2 N–H and O–H groups in total. The molecule has 0 aliphatic heterocycles. The van der Waals surface area contributed by atoms with Crippen molar-refractivity contribution in [3.05, 3.63) is 66.1 Å². The molecule has 0 aliphatic rings. The first-order chi connectivity index (χ1) is 14.6. The van der Waals surface area contributed by atoms with Crippen molar-refractivity contribution >= 4 is 44.2 Å². The lowest BCUT2D eigenvalue weighted by molar-refractivity contribution is 0.0994. The summed E-state index contributed by atoms with van der Waals surface area (Å²) in [6.07, 6.45) is 1.43. The van der Waals surface area contributed by atoms with Crippen LogP contribution in [0.25, 0.3) is 10.2 Å². The fourth-order valence-corrected chi connectivity index (χ4v) is 3.71. The lowest BCUT2D eigenvalue weighted by Gasteiger charge is -2.10. The summed E-state index contributed by atoms with van der Waals surface area (Å²) in [5.41, 5.74) is 1.68. The Balaban J connectivity index is 1.52. The van der Waals surface area contributed by atoms with E-state index < -0.39 is 0 Å². The highest BCUT2D eigenvalue weighted by atomic mass is 32.1. The Kier molecular flexibility index (Phi) is 5.36. The average Bonchev–Trinajstić information content (AvgIpc) is 3.42. The number of anilines is 2. The summed E-state index contributed by atoms with van der Waals surface area (Å²) < 4.78 is 16.3. The Hall–Kier alpha value is -3.85. The third kappa shape index (κ3) is 3.96. The molecule has 4 aromatic rings. The number of carbonyl (C=O) groups excluding carboxylic acids is 2. The molecule has 9 heteroatoms. The monoisotopic (exact) mass is 423 g/mol. The van der Waals surface area contributed by atoms with Gasteiger partial charge in [-0.2, -0.15) is 0 Å². The number of nitrogens with one attached hydrogen (secondary N) is 2. The van der Waals surface area contributed by atoms with E-state index in [1.54, 1.807) is 55.6 Å². The van der Waals surface area contributed by atoms with E-state index in [4.69, 9.17) is 13.9 Å². The van der Waals surface area contributed by atoms with Crippen molar-refractivity contribution in [3.8, 4) is 11.5 Å². The molecule has 0 saturated heterocycles. The van der Waals surface area contributed by atoms with Crippen LogP contribution in [0.5, 0.6) is 11.5 Å². The molecule has 2 amide bonds. The van der Waals surface area contributed by atoms with Gasteiger partial charge >= 0.3 is 0 Å². The quantitative estimate of drug-likeness (QED) is 0.476. The highest BCUT2D eigenvalue weighted by Crippen LogP contribution is 2.30. The number of nitrogens with zero attached hydrogens (tertiary/aromatic N) is 1. The molecular weight excluding hydrogens is 406 g/mol. The Morgan fingerprint density at radius 1 is 1.00 bits per heavy atom. The molecule has 8 nitrogen and oxygen atoms in total. The second-order valence-electron chi connectivity index (χ2n) is 6.15. The van der Waals surface area contributed by atoms with Crippen molar-refractivity contribution in [1.29, 1.82) is 0 Å². The molecule has 0 unspecified atom stereocenters. The summed E-state index contributed by atoms with van der Waals surface area (Å²) in [5, 5.41) is 5.99. The minimum Gasteiger partial charge on any atom is -0.497 e. The first kappa shape index (κ1) is 19.5. The zero-order valence-corrected chi connectivity index (χ0v) is 16.9. The van der Waals surface area contributed by atoms with E-state index >= 15 is 0 Å². The SMILES string of the molecule is COc1ccc(C(=O)Nc2ccc3nc(NC(=O)c4ccco4)sc3c2)c(OC)c1. The Morgan fingerprint density at radius 3 is 2.60 bits per heavy atom. The largest absolute Gasteiger partial charge is 0.497 e. The number of ether oxygens (including phenoxy) is 2. The van der Waals surface area contributed by atoms with Crippen molar-refractivity contribution in [2.75, 3.05) is 24.9 Å². The van der Waals surface area contributed by atoms with Crippen LogP contribution >= 0.6 is 11.3 Å². The van der Waals surface area contributed by atoms with E-state index in [9.17, 15) is 9.59 Å². The van der Waals surface area contributed by atoms with E-state index in [0.29, 0.717) is 33.4 Å². The van der Waals surface area contributed by atoms with Crippen molar-refractivity contribution in [1.82, 2.24) is 4.98 Å². The number of furan rings is 1. The second kappa shape index (κ2) is 8.26. The summed E-state index contributed by atoms with van der Waals surface area (Å²) in [6, 6.07) is 13.5. The van der Waals surface area contributed by atoms with Crippen LogP contribution in [0.4, 0.5) is 10.8 Å². The molecule has 0 saturated carbocycles. The molecule has 152 valence electrons. The van der Waals surface area contributed by atoms with Crippen LogP contribution in [0.1, 0.15) is 20.9 Å². The maximum Gasteiger partial charge on any atom is 0.293 e. The summed E-state index contributed by atoms with van der Waals surface area (Å²) in [4.78, 5) is 29.2. The normalized spacial score (nSPS) is 10.6. The molecule has 0 bridgehead atoms. The first-order valence-corrected chi connectivity index (χ1v) is 9.68. The third-order valence-electron chi connectivity index (χ3n) is 4.27. The lowest BCUT2D eigenvalue weighted by atomic mass is 10.1. The molecular formula is C21H17N3O5S. The van der Waals surface area contributed by atoms with Gasteiger partial charge in [-0.1, -0.05) is 11.3 Å². The minimum absolute atomic E-state index is 0.204. The number of hydrogen-bond donors (Lipinski definition) is 2. The molecule has 0 radical (unpaired) electrons. The predicted molar refractivity (Wildman–Crippen MR) is 114 cm³/mol. The van der Waals surface area contributed by atoms with Crippen molar-refractivity contribution in [3.63, 3.8) is 0 Å². The molecule has 4 rings (SSSR count). The molecule has 0 spiro atoms. The van der Waals surface area contributed by atoms with Gasteiger partial charge in [0.15, 0.2) is 10.9 Å². The van der Waals surface area contributed by atoms with Gasteiger partial charge in [0.25, 0.3) is 11.8 Å². The number of hydrogen-bond acceptors (Lipinski definition) is 7. The molecule has 0 fully saturated rings. The van der Waals surface area contributed by atoms with Gasteiger partial charge in [0.1, 0.15) is 11.5 Å². The molecule has 2 aromatic heterocycles. The van der Waals surface area contributed by atoms with E-state index in [-0.39, 0.29) is 17.6 Å². The molecule has 2 aromatic carbocycles. The summed E-state index contributed by atoms with van der Waals surface area (Å²) in [5.74, 6) is 0.520. The number of amides is 2. The summed E-state index contributed by atoms with van der Waals surface area (Å²) in [7, 11) is 3.04. The highest BCUT2D eigenvalue weighted by molar-refractivity contribution is 7.22. The fraction of sp³-hybridized carbons (Fsp3) is 0.0952. The predicted octanol–water partition coefficient (Wildman–Crippen LogP) is 4.41. The number of aromatic nitrogens is 1. The Labute approximate surface area is 175 Å². The number of carbonyl (C=O) groups is 2.